The molecule has 0 aromatic rings. The zero-order valence-electron chi connectivity index (χ0n) is 11.6. The van der Waals surface area contributed by atoms with E-state index in [2.05, 4.69) is 18.2 Å². The SMILES string of the molecule is COC1(OC)[C@H]2C=C[C@H]1C[C@@]2(O)C1=CC[C@H]2CC[C@H]12. The van der Waals surface area contributed by atoms with E-state index in [1.54, 1.807) is 14.2 Å². The summed E-state index contributed by atoms with van der Waals surface area (Å²) in [6, 6.07) is 0. The molecule has 3 nitrogen and oxygen atoms in total. The first-order valence-corrected chi connectivity index (χ1v) is 7.37. The van der Waals surface area contributed by atoms with Gasteiger partial charge >= 0.3 is 0 Å². The van der Waals surface area contributed by atoms with Crippen molar-refractivity contribution in [2.75, 3.05) is 14.2 Å². The third kappa shape index (κ3) is 1.24. The summed E-state index contributed by atoms with van der Waals surface area (Å²) in [6.07, 6.45) is 11.0. The van der Waals surface area contributed by atoms with E-state index in [1.165, 1.54) is 18.4 Å². The predicted molar refractivity (Wildman–Crippen MR) is 71.3 cm³/mol. The van der Waals surface area contributed by atoms with Crippen LogP contribution in [-0.4, -0.2) is 30.7 Å². The van der Waals surface area contributed by atoms with Crippen molar-refractivity contribution in [3.8, 4) is 0 Å². The summed E-state index contributed by atoms with van der Waals surface area (Å²) in [6.45, 7) is 0. The van der Waals surface area contributed by atoms with Crippen LogP contribution >= 0.6 is 0 Å². The van der Waals surface area contributed by atoms with Crippen molar-refractivity contribution in [3.63, 3.8) is 0 Å². The van der Waals surface area contributed by atoms with E-state index in [0.717, 1.165) is 18.8 Å². The second-order valence-electron chi connectivity index (χ2n) is 6.57. The van der Waals surface area contributed by atoms with Gasteiger partial charge in [-0.3, -0.25) is 0 Å². The molecular formula is C16H22O3. The first-order chi connectivity index (χ1) is 9.15. The maximum atomic E-state index is 11.3. The smallest absolute Gasteiger partial charge is 0.183 e. The molecule has 0 saturated heterocycles. The van der Waals surface area contributed by atoms with Crippen LogP contribution in [0.3, 0.4) is 0 Å². The number of rotatable bonds is 3. The van der Waals surface area contributed by atoms with E-state index in [9.17, 15) is 5.11 Å². The molecule has 5 atom stereocenters. The molecule has 2 bridgehead atoms. The van der Waals surface area contributed by atoms with Gasteiger partial charge in [0.25, 0.3) is 0 Å². The van der Waals surface area contributed by atoms with Gasteiger partial charge in [-0.15, -0.1) is 0 Å². The number of fused-ring (bicyclic) bond motifs is 3. The van der Waals surface area contributed by atoms with Crippen LogP contribution in [0.1, 0.15) is 25.7 Å². The highest BCUT2D eigenvalue weighted by molar-refractivity contribution is 5.39. The first-order valence-electron chi connectivity index (χ1n) is 7.37. The van der Waals surface area contributed by atoms with Crippen molar-refractivity contribution in [2.45, 2.75) is 37.1 Å². The Kier molecular flexibility index (Phi) is 2.37. The molecule has 0 radical (unpaired) electrons. The Morgan fingerprint density at radius 2 is 2.00 bits per heavy atom. The summed E-state index contributed by atoms with van der Waals surface area (Å²) in [7, 11) is 3.38. The molecule has 2 saturated carbocycles. The Morgan fingerprint density at radius 3 is 2.53 bits per heavy atom. The second kappa shape index (κ2) is 3.72. The number of hydrogen-bond acceptors (Lipinski definition) is 3. The molecule has 0 amide bonds. The highest BCUT2D eigenvalue weighted by Crippen LogP contribution is 2.62. The Bertz CT molecular complexity index is 463. The van der Waals surface area contributed by atoms with Gasteiger partial charge in [-0.25, -0.2) is 0 Å². The monoisotopic (exact) mass is 262 g/mol. The molecule has 0 heterocycles. The molecule has 3 heteroatoms. The van der Waals surface area contributed by atoms with Crippen molar-refractivity contribution < 1.29 is 14.6 Å². The van der Waals surface area contributed by atoms with Crippen LogP contribution in [0.15, 0.2) is 23.8 Å². The van der Waals surface area contributed by atoms with Gasteiger partial charge in [0.1, 0.15) is 0 Å². The number of aliphatic hydroxyl groups is 1. The number of allylic oxidation sites excluding steroid dienone is 1. The molecule has 0 aromatic heterocycles. The highest BCUT2D eigenvalue weighted by Gasteiger charge is 2.67. The molecule has 0 aromatic carbocycles. The molecule has 0 unspecified atom stereocenters. The molecule has 1 N–H and O–H groups in total. The van der Waals surface area contributed by atoms with E-state index >= 15 is 0 Å². The fourth-order valence-corrected chi connectivity index (χ4v) is 5.03. The largest absolute Gasteiger partial charge is 0.385 e. The van der Waals surface area contributed by atoms with Crippen molar-refractivity contribution in [1.82, 2.24) is 0 Å². The zero-order valence-corrected chi connectivity index (χ0v) is 11.6. The summed E-state index contributed by atoms with van der Waals surface area (Å²) in [4.78, 5) is 0. The van der Waals surface area contributed by atoms with Crippen LogP contribution in [0.5, 0.6) is 0 Å². The molecule has 0 spiro atoms. The summed E-state index contributed by atoms with van der Waals surface area (Å²) < 4.78 is 11.4. The summed E-state index contributed by atoms with van der Waals surface area (Å²) in [5.41, 5.74) is 0.532. The molecule has 4 aliphatic carbocycles. The minimum atomic E-state index is -0.745. The lowest BCUT2D eigenvalue weighted by molar-refractivity contribution is -0.238. The van der Waals surface area contributed by atoms with Crippen LogP contribution in [0, 0.1) is 23.7 Å². The minimum Gasteiger partial charge on any atom is -0.385 e. The summed E-state index contributed by atoms with van der Waals surface area (Å²) in [5, 5.41) is 11.3. The Labute approximate surface area is 114 Å². The molecule has 104 valence electrons. The summed E-state index contributed by atoms with van der Waals surface area (Å²) in [5.74, 6) is 0.853. The summed E-state index contributed by atoms with van der Waals surface area (Å²) >= 11 is 0. The van der Waals surface area contributed by atoms with Crippen molar-refractivity contribution in [1.29, 1.82) is 0 Å². The first kappa shape index (κ1) is 12.1. The van der Waals surface area contributed by atoms with Gasteiger partial charge in [-0.1, -0.05) is 18.2 Å². The number of methoxy groups -OCH3 is 2. The van der Waals surface area contributed by atoms with Crippen molar-refractivity contribution in [2.24, 2.45) is 23.7 Å². The van der Waals surface area contributed by atoms with Crippen molar-refractivity contribution in [3.05, 3.63) is 23.8 Å². The zero-order chi connectivity index (χ0) is 13.3. The van der Waals surface area contributed by atoms with Crippen LogP contribution < -0.4 is 0 Å². The average Bonchev–Trinajstić information content (AvgIpc) is 2.96. The standard InChI is InChI=1S/C16H22O3/c1-18-16(19-2)11-5-8-14(16)15(17,9-11)13-7-4-10-3-6-12(10)13/h5,7-8,10-12,14,17H,3-4,6,9H2,1-2H3/t10-,11+,12+,14+,15-/m1/s1. The van der Waals surface area contributed by atoms with Gasteiger partial charge in [0.2, 0.25) is 0 Å². The molecular weight excluding hydrogens is 240 g/mol. The van der Waals surface area contributed by atoms with E-state index in [4.69, 9.17) is 9.47 Å². The molecule has 4 aliphatic rings. The quantitative estimate of drug-likeness (QED) is 0.626. The fourth-order valence-electron chi connectivity index (χ4n) is 5.03. The maximum absolute atomic E-state index is 11.3. The van der Waals surface area contributed by atoms with E-state index in [-0.39, 0.29) is 11.8 Å². The lowest BCUT2D eigenvalue weighted by atomic mass is 9.67. The van der Waals surface area contributed by atoms with Gasteiger partial charge in [0.15, 0.2) is 5.79 Å². The van der Waals surface area contributed by atoms with E-state index in [1.807, 2.05) is 0 Å². The second-order valence-corrected chi connectivity index (χ2v) is 6.57. The van der Waals surface area contributed by atoms with Gasteiger partial charge < -0.3 is 14.6 Å². The van der Waals surface area contributed by atoms with Gasteiger partial charge in [0, 0.05) is 20.1 Å². The van der Waals surface area contributed by atoms with Gasteiger partial charge in [-0.2, -0.15) is 0 Å². The number of ether oxygens (including phenoxy) is 2. The lowest BCUT2D eigenvalue weighted by Gasteiger charge is -2.42. The third-order valence-electron chi connectivity index (χ3n) is 6.13. The highest BCUT2D eigenvalue weighted by atomic mass is 16.7. The van der Waals surface area contributed by atoms with Crippen LogP contribution in [0.4, 0.5) is 0 Å². The Balaban J connectivity index is 1.72. The van der Waals surface area contributed by atoms with Crippen molar-refractivity contribution >= 4 is 0 Å². The predicted octanol–water partition coefficient (Wildman–Crippen LogP) is 2.27. The van der Waals surface area contributed by atoms with Gasteiger partial charge in [0.05, 0.1) is 11.5 Å². The third-order valence-corrected chi connectivity index (χ3v) is 6.13. The fraction of sp³-hybridized carbons (Fsp3) is 0.750. The van der Waals surface area contributed by atoms with Gasteiger partial charge in [-0.05, 0) is 43.1 Å². The Hall–Kier alpha value is -0.640. The maximum Gasteiger partial charge on any atom is 0.183 e. The number of hydrogen-bond donors (Lipinski definition) is 1. The van der Waals surface area contributed by atoms with E-state index in [0.29, 0.717) is 5.92 Å². The van der Waals surface area contributed by atoms with Crippen LogP contribution in [0.25, 0.3) is 0 Å². The van der Waals surface area contributed by atoms with Crippen LogP contribution in [-0.2, 0) is 9.47 Å². The lowest BCUT2D eigenvalue weighted by Crippen LogP contribution is -2.47. The molecule has 4 rings (SSSR count). The average molecular weight is 262 g/mol. The Morgan fingerprint density at radius 1 is 1.21 bits per heavy atom. The molecule has 0 aliphatic heterocycles. The minimum absolute atomic E-state index is 0.0643. The molecule has 2 fully saturated rings. The molecule has 19 heavy (non-hydrogen) atoms. The van der Waals surface area contributed by atoms with E-state index < -0.39 is 11.4 Å². The van der Waals surface area contributed by atoms with Crippen LogP contribution in [0.2, 0.25) is 0 Å². The normalized spacial score (nSPS) is 49.1. The topological polar surface area (TPSA) is 38.7 Å².